The van der Waals surface area contributed by atoms with Crippen molar-refractivity contribution in [2.24, 2.45) is 5.92 Å². The van der Waals surface area contributed by atoms with Gasteiger partial charge in [0, 0.05) is 23.2 Å². The summed E-state index contributed by atoms with van der Waals surface area (Å²) < 4.78 is 32.5. The SMILES string of the molecule is CCC(C)NS(=O)(=O)c1ccc(C(=O)OC(C)C(=O)c2ccc(NC(=O)C(C)C)cc2)cc1. The molecular formula is C24H30N2O6S. The molecule has 9 heteroatoms. The zero-order chi connectivity index (χ0) is 24.8. The highest BCUT2D eigenvalue weighted by Gasteiger charge is 2.22. The van der Waals surface area contributed by atoms with Crippen molar-refractivity contribution in [2.45, 2.75) is 58.1 Å². The highest BCUT2D eigenvalue weighted by molar-refractivity contribution is 7.89. The van der Waals surface area contributed by atoms with E-state index < -0.39 is 27.9 Å². The highest BCUT2D eigenvalue weighted by atomic mass is 32.2. The number of nitrogens with one attached hydrogen (secondary N) is 2. The first-order chi connectivity index (χ1) is 15.4. The molecular weight excluding hydrogens is 444 g/mol. The molecule has 2 aromatic rings. The zero-order valence-electron chi connectivity index (χ0n) is 19.4. The normalized spacial score (nSPS) is 13.3. The molecule has 8 nitrogen and oxygen atoms in total. The van der Waals surface area contributed by atoms with Crippen LogP contribution in [0.2, 0.25) is 0 Å². The van der Waals surface area contributed by atoms with Crippen LogP contribution in [-0.2, 0) is 19.6 Å². The lowest BCUT2D eigenvalue weighted by Crippen LogP contribution is -2.32. The summed E-state index contributed by atoms with van der Waals surface area (Å²) in [5.41, 5.74) is 1.02. The number of sulfonamides is 1. The Hall–Kier alpha value is -3.04. The van der Waals surface area contributed by atoms with Crippen molar-refractivity contribution in [3.05, 3.63) is 59.7 Å². The minimum Gasteiger partial charge on any atom is -0.451 e. The van der Waals surface area contributed by atoms with E-state index in [1.165, 1.54) is 31.2 Å². The summed E-state index contributed by atoms with van der Waals surface area (Å²) >= 11 is 0. The predicted octanol–water partition coefficient (Wildman–Crippen LogP) is 3.79. The monoisotopic (exact) mass is 474 g/mol. The van der Waals surface area contributed by atoms with Gasteiger partial charge in [-0.1, -0.05) is 20.8 Å². The molecule has 1 amide bonds. The second-order valence-corrected chi connectivity index (χ2v) is 9.80. The third-order valence-corrected chi connectivity index (χ3v) is 6.59. The molecule has 0 aliphatic rings. The fourth-order valence-corrected chi connectivity index (χ4v) is 4.03. The fraction of sp³-hybridized carbons (Fsp3) is 0.375. The summed E-state index contributed by atoms with van der Waals surface area (Å²) in [5, 5.41) is 2.74. The van der Waals surface area contributed by atoms with Crippen LogP contribution in [0.25, 0.3) is 0 Å². The molecule has 0 aliphatic carbocycles. The third kappa shape index (κ3) is 7.23. The fourth-order valence-electron chi connectivity index (χ4n) is 2.71. The Morgan fingerprint density at radius 3 is 1.94 bits per heavy atom. The van der Waals surface area contributed by atoms with Crippen LogP contribution in [-0.4, -0.2) is 38.2 Å². The van der Waals surface area contributed by atoms with Crippen molar-refractivity contribution >= 4 is 33.4 Å². The lowest BCUT2D eigenvalue weighted by molar-refractivity contribution is -0.118. The van der Waals surface area contributed by atoms with Gasteiger partial charge in [-0.05, 0) is 68.8 Å². The summed E-state index contributed by atoms with van der Waals surface area (Å²) in [6.07, 6.45) is -0.408. The van der Waals surface area contributed by atoms with E-state index in [2.05, 4.69) is 10.0 Å². The molecule has 0 heterocycles. The van der Waals surface area contributed by atoms with E-state index in [4.69, 9.17) is 4.74 Å². The van der Waals surface area contributed by atoms with Crippen molar-refractivity contribution < 1.29 is 27.5 Å². The first kappa shape index (κ1) is 26.2. The van der Waals surface area contributed by atoms with Crippen molar-refractivity contribution in [2.75, 3.05) is 5.32 Å². The van der Waals surface area contributed by atoms with Crippen molar-refractivity contribution in [3.8, 4) is 0 Å². The summed E-state index contributed by atoms with van der Waals surface area (Å²) in [5.74, 6) is -1.44. The Morgan fingerprint density at radius 1 is 0.879 bits per heavy atom. The van der Waals surface area contributed by atoms with E-state index in [1.807, 2.05) is 6.92 Å². The zero-order valence-corrected chi connectivity index (χ0v) is 20.2. The number of anilines is 1. The molecule has 0 saturated carbocycles. The maximum Gasteiger partial charge on any atom is 0.338 e. The van der Waals surface area contributed by atoms with Crippen molar-refractivity contribution in [3.63, 3.8) is 0 Å². The van der Waals surface area contributed by atoms with Gasteiger partial charge in [-0.25, -0.2) is 17.9 Å². The van der Waals surface area contributed by atoms with Crippen LogP contribution in [0.15, 0.2) is 53.4 Å². The van der Waals surface area contributed by atoms with Gasteiger partial charge in [0.15, 0.2) is 6.10 Å². The van der Waals surface area contributed by atoms with Crippen LogP contribution in [0, 0.1) is 5.92 Å². The Morgan fingerprint density at radius 2 is 1.42 bits per heavy atom. The number of carbonyl (C=O) groups excluding carboxylic acids is 3. The maximum atomic E-state index is 12.6. The largest absolute Gasteiger partial charge is 0.451 e. The molecule has 2 unspecified atom stereocenters. The molecule has 0 spiro atoms. The second kappa shape index (κ2) is 11.2. The Labute approximate surface area is 194 Å². The quantitative estimate of drug-likeness (QED) is 0.400. The van der Waals surface area contributed by atoms with E-state index in [9.17, 15) is 22.8 Å². The predicted molar refractivity (Wildman–Crippen MR) is 126 cm³/mol. The van der Waals surface area contributed by atoms with Crippen LogP contribution in [0.4, 0.5) is 5.69 Å². The molecule has 2 atom stereocenters. The molecule has 0 aromatic heterocycles. The Kier molecular flexibility index (Phi) is 8.90. The average molecular weight is 475 g/mol. The molecule has 0 bridgehead atoms. The number of carbonyl (C=O) groups is 3. The van der Waals surface area contributed by atoms with Crippen molar-refractivity contribution in [1.82, 2.24) is 4.72 Å². The molecule has 2 aromatic carbocycles. The van der Waals surface area contributed by atoms with Crippen LogP contribution >= 0.6 is 0 Å². The number of hydrogen-bond donors (Lipinski definition) is 2. The second-order valence-electron chi connectivity index (χ2n) is 8.09. The first-order valence-electron chi connectivity index (χ1n) is 10.7. The van der Waals surface area contributed by atoms with Gasteiger partial charge < -0.3 is 10.1 Å². The number of hydrogen-bond acceptors (Lipinski definition) is 6. The minimum absolute atomic E-state index is 0.0353. The third-order valence-electron chi connectivity index (χ3n) is 4.98. The van der Waals surface area contributed by atoms with Crippen molar-refractivity contribution in [1.29, 1.82) is 0 Å². The molecule has 178 valence electrons. The summed E-state index contributed by atoms with van der Waals surface area (Å²) in [6, 6.07) is 11.4. The van der Waals surface area contributed by atoms with E-state index >= 15 is 0 Å². The number of esters is 1. The van der Waals surface area contributed by atoms with Crippen LogP contribution in [0.1, 0.15) is 61.8 Å². The number of amides is 1. The number of ketones is 1. The maximum absolute atomic E-state index is 12.6. The van der Waals surface area contributed by atoms with Gasteiger partial charge in [0.05, 0.1) is 10.5 Å². The van der Waals surface area contributed by atoms with Gasteiger partial charge in [-0.2, -0.15) is 0 Å². The lowest BCUT2D eigenvalue weighted by atomic mass is 10.1. The van der Waals surface area contributed by atoms with E-state index in [0.29, 0.717) is 17.7 Å². The summed E-state index contributed by atoms with van der Waals surface area (Å²) in [4.78, 5) is 36.8. The molecule has 0 saturated heterocycles. The molecule has 0 aliphatic heterocycles. The lowest BCUT2D eigenvalue weighted by Gasteiger charge is -2.14. The van der Waals surface area contributed by atoms with Gasteiger partial charge in [-0.3, -0.25) is 9.59 Å². The Balaban J connectivity index is 2.02. The summed E-state index contributed by atoms with van der Waals surface area (Å²) in [7, 11) is -3.69. The van der Waals surface area contributed by atoms with E-state index in [1.54, 1.807) is 45.0 Å². The van der Waals surface area contributed by atoms with Gasteiger partial charge in [0.2, 0.25) is 21.7 Å². The molecule has 2 N–H and O–H groups in total. The first-order valence-corrected chi connectivity index (χ1v) is 12.2. The topological polar surface area (TPSA) is 119 Å². The molecule has 0 fully saturated rings. The van der Waals surface area contributed by atoms with Crippen LogP contribution < -0.4 is 10.0 Å². The van der Waals surface area contributed by atoms with Gasteiger partial charge in [0.25, 0.3) is 0 Å². The van der Waals surface area contributed by atoms with Crippen LogP contribution in [0.5, 0.6) is 0 Å². The smallest absolute Gasteiger partial charge is 0.338 e. The molecule has 33 heavy (non-hydrogen) atoms. The standard InChI is InChI=1S/C24H30N2O6S/c1-6-16(4)26-33(30,31)21-13-9-19(10-14-21)24(29)32-17(5)22(27)18-7-11-20(12-8-18)25-23(28)15(2)3/h7-17,26H,6H2,1-5H3,(H,25,28). The molecule has 0 radical (unpaired) electrons. The number of benzene rings is 2. The number of ether oxygens (including phenoxy) is 1. The number of rotatable bonds is 10. The van der Waals surface area contributed by atoms with Gasteiger partial charge in [0.1, 0.15) is 0 Å². The van der Waals surface area contributed by atoms with E-state index in [0.717, 1.165) is 0 Å². The summed E-state index contributed by atoms with van der Waals surface area (Å²) in [6.45, 7) is 8.65. The minimum atomic E-state index is -3.69. The number of Topliss-reactive ketones (excluding diaryl/α,β-unsaturated/α-hetero) is 1. The average Bonchev–Trinajstić information content (AvgIpc) is 2.78. The van der Waals surface area contributed by atoms with Gasteiger partial charge in [-0.15, -0.1) is 0 Å². The highest BCUT2D eigenvalue weighted by Crippen LogP contribution is 2.16. The Bertz CT molecular complexity index is 1090. The molecule has 2 rings (SSSR count). The van der Waals surface area contributed by atoms with E-state index in [-0.39, 0.29) is 28.3 Å². The van der Waals surface area contributed by atoms with Gasteiger partial charge >= 0.3 is 5.97 Å². The van der Waals surface area contributed by atoms with Crippen LogP contribution in [0.3, 0.4) is 0 Å².